The number of nitrogens with zero attached hydrogens (tertiary/aromatic N) is 2. The molecule has 2 rings (SSSR count). The van der Waals surface area contributed by atoms with Crippen molar-refractivity contribution in [2.75, 3.05) is 39.3 Å². The Kier molecular flexibility index (Phi) is 3.16. The van der Waals surface area contributed by atoms with Gasteiger partial charge in [-0.2, -0.15) is 0 Å². The monoisotopic (exact) mass is 185 g/mol. The third kappa shape index (κ3) is 2.40. The van der Waals surface area contributed by atoms with Gasteiger partial charge in [0.2, 0.25) is 0 Å². The molecule has 13 heavy (non-hydrogen) atoms. The third-order valence-corrected chi connectivity index (χ3v) is 2.61. The molecule has 2 aliphatic rings. The molecule has 0 saturated carbocycles. The molecule has 2 bridgehead atoms. The largest absolute Gasteiger partial charge is 0.396 e. The summed E-state index contributed by atoms with van der Waals surface area (Å²) in [5, 5.41) is 13.1. The number of aliphatic hydroxyl groups is 1. The lowest BCUT2D eigenvalue weighted by Gasteiger charge is -2.41. The van der Waals surface area contributed by atoms with Gasteiger partial charge in [0, 0.05) is 39.3 Å². The van der Waals surface area contributed by atoms with Crippen LogP contribution in [-0.4, -0.2) is 61.5 Å². The zero-order valence-corrected chi connectivity index (χ0v) is 7.85. The van der Waals surface area contributed by atoms with Gasteiger partial charge < -0.3 is 9.84 Å². The Morgan fingerprint density at radius 1 is 1.31 bits per heavy atom. The predicted molar refractivity (Wildman–Crippen MR) is 48.7 cm³/mol. The summed E-state index contributed by atoms with van der Waals surface area (Å²) in [6.45, 7) is 4.96. The van der Waals surface area contributed by atoms with Crippen molar-refractivity contribution in [1.82, 2.24) is 10.2 Å². The average molecular weight is 185 g/mol. The maximum Gasteiger partial charge on any atom is 0.0847 e. The van der Waals surface area contributed by atoms with Crippen molar-refractivity contribution in [3.63, 3.8) is 0 Å². The molecule has 2 unspecified atom stereocenters. The molecular formula is C9H17N2O2. The molecule has 2 atom stereocenters. The van der Waals surface area contributed by atoms with E-state index in [-0.39, 0.29) is 6.61 Å². The van der Waals surface area contributed by atoms with Crippen LogP contribution in [0.1, 0.15) is 6.42 Å². The van der Waals surface area contributed by atoms with Crippen molar-refractivity contribution in [3.05, 3.63) is 0 Å². The van der Waals surface area contributed by atoms with Gasteiger partial charge in [0.1, 0.15) is 0 Å². The molecule has 2 saturated heterocycles. The summed E-state index contributed by atoms with van der Waals surface area (Å²) in [5.41, 5.74) is 0. The molecule has 4 heteroatoms. The topological polar surface area (TPSA) is 46.8 Å². The summed E-state index contributed by atoms with van der Waals surface area (Å²) in [6, 6.07) is 0. The fourth-order valence-corrected chi connectivity index (χ4v) is 2.05. The SMILES string of the molecule is OCCCN1CC2C[N]CC(C1)O2. The molecule has 0 aromatic carbocycles. The van der Waals surface area contributed by atoms with E-state index in [2.05, 4.69) is 10.2 Å². The third-order valence-electron chi connectivity index (χ3n) is 2.61. The summed E-state index contributed by atoms with van der Waals surface area (Å²) in [7, 11) is 0. The molecule has 4 nitrogen and oxygen atoms in total. The van der Waals surface area contributed by atoms with Crippen LogP contribution in [0.2, 0.25) is 0 Å². The molecular weight excluding hydrogens is 168 g/mol. The van der Waals surface area contributed by atoms with E-state index in [9.17, 15) is 0 Å². The van der Waals surface area contributed by atoms with Gasteiger partial charge >= 0.3 is 0 Å². The van der Waals surface area contributed by atoms with Gasteiger partial charge in [-0.3, -0.25) is 4.90 Å². The number of morpholine rings is 2. The second-order valence-electron chi connectivity index (χ2n) is 3.81. The van der Waals surface area contributed by atoms with Crippen molar-refractivity contribution >= 4 is 0 Å². The maximum atomic E-state index is 8.72. The van der Waals surface area contributed by atoms with Gasteiger partial charge in [-0.15, -0.1) is 0 Å². The molecule has 0 amide bonds. The lowest BCUT2D eigenvalue weighted by molar-refractivity contribution is -0.104. The summed E-state index contributed by atoms with van der Waals surface area (Å²) < 4.78 is 5.73. The lowest BCUT2D eigenvalue weighted by atomic mass is 10.1. The Morgan fingerprint density at radius 2 is 2.00 bits per heavy atom. The zero-order chi connectivity index (χ0) is 9.10. The van der Waals surface area contributed by atoms with E-state index in [1.54, 1.807) is 0 Å². The first-order chi connectivity index (χ1) is 6.38. The number of rotatable bonds is 3. The molecule has 0 spiro atoms. The highest BCUT2D eigenvalue weighted by atomic mass is 16.5. The van der Waals surface area contributed by atoms with Crippen molar-refractivity contribution < 1.29 is 9.84 Å². The molecule has 0 aromatic rings. The summed E-state index contributed by atoms with van der Waals surface area (Å²) in [4.78, 5) is 2.38. The summed E-state index contributed by atoms with van der Waals surface area (Å²) in [5.74, 6) is 0. The van der Waals surface area contributed by atoms with E-state index in [0.717, 1.165) is 39.1 Å². The first-order valence-electron chi connectivity index (χ1n) is 5.00. The molecule has 0 aliphatic carbocycles. The number of hydrogen-bond donors (Lipinski definition) is 1. The van der Waals surface area contributed by atoms with Crippen molar-refractivity contribution in [2.24, 2.45) is 0 Å². The molecule has 2 aliphatic heterocycles. The molecule has 1 radical (unpaired) electrons. The van der Waals surface area contributed by atoms with E-state index in [1.807, 2.05) is 0 Å². The molecule has 2 heterocycles. The van der Waals surface area contributed by atoms with E-state index < -0.39 is 0 Å². The van der Waals surface area contributed by atoms with Crippen molar-refractivity contribution in [3.8, 4) is 0 Å². The van der Waals surface area contributed by atoms with Crippen LogP contribution in [0.25, 0.3) is 0 Å². The Hall–Kier alpha value is -0.160. The fourth-order valence-electron chi connectivity index (χ4n) is 2.05. The van der Waals surface area contributed by atoms with Gasteiger partial charge in [-0.25, -0.2) is 5.32 Å². The average Bonchev–Trinajstić information content (AvgIpc) is 2.14. The Balaban J connectivity index is 1.80. The molecule has 1 N–H and O–H groups in total. The second kappa shape index (κ2) is 4.37. The van der Waals surface area contributed by atoms with Crippen LogP contribution in [0.15, 0.2) is 0 Å². The van der Waals surface area contributed by atoms with Crippen LogP contribution in [-0.2, 0) is 4.74 Å². The van der Waals surface area contributed by atoms with E-state index in [0.29, 0.717) is 12.2 Å². The van der Waals surface area contributed by atoms with Gasteiger partial charge in [-0.05, 0) is 6.42 Å². The van der Waals surface area contributed by atoms with E-state index >= 15 is 0 Å². The second-order valence-corrected chi connectivity index (χ2v) is 3.81. The standard InChI is InChI=1S/C9H17N2O2/c12-3-1-2-11-6-8-4-10-5-9(7-11)13-8/h8-9,12H,1-7H2. The van der Waals surface area contributed by atoms with Gasteiger partial charge in [0.25, 0.3) is 0 Å². The minimum absolute atomic E-state index is 0.289. The van der Waals surface area contributed by atoms with Crippen LogP contribution >= 0.6 is 0 Å². The minimum Gasteiger partial charge on any atom is -0.396 e. The van der Waals surface area contributed by atoms with Gasteiger partial charge in [-0.1, -0.05) is 0 Å². The molecule has 2 fully saturated rings. The predicted octanol–water partition coefficient (Wildman–Crippen LogP) is -0.944. The van der Waals surface area contributed by atoms with Crippen molar-refractivity contribution in [2.45, 2.75) is 18.6 Å². The fraction of sp³-hybridized carbons (Fsp3) is 1.00. The molecule has 0 aromatic heterocycles. The van der Waals surface area contributed by atoms with Crippen LogP contribution < -0.4 is 5.32 Å². The highest BCUT2D eigenvalue weighted by molar-refractivity contribution is 4.84. The Labute approximate surface area is 78.9 Å². The molecule has 75 valence electrons. The van der Waals surface area contributed by atoms with Gasteiger partial charge in [0.15, 0.2) is 0 Å². The van der Waals surface area contributed by atoms with Crippen molar-refractivity contribution in [1.29, 1.82) is 0 Å². The van der Waals surface area contributed by atoms with Crippen LogP contribution in [0.3, 0.4) is 0 Å². The smallest absolute Gasteiger partial charge is 0.0847 e. The summed E-state index contributed by atoms with van der Waals surface area (Å²) >= 11 is 0. The zero-order valence-electron chi connectivity index (χ0n) is 7.85. The van der Waals surface area contributed by atoms with E-state index in [4.69, 9.17) is 9.84 Å². The summed E-state index contributed by atoms with van der Waals surface area (Å²) in [6.07, 6.45) is 1.49. The Morgan fingerprint density at radius 3 is 2.62 bits per heavy atom. The number of hydrogen-bond acceptors (Lipinski definition) is 3. The highest BCUT2D eigenvalue weighted by Crippen LogP contribution is 2.14. The Bertz CT molecular complexity index is 154. The normalized spacial score (nSPS) is 34.8. The van der Waals surface area contributed by atoms with Crippen LogP contribution in [0, 0.1) is 0 Å². The van der Waals surface area contributed by atoms with Crippen LogP contribution in [0.5, 0.6) is 0 Å². The quantitative estimate of drug-likeness (QED) is 0.617. The number of ether oxygens (including phenoxy) is 1. The number of fused-ring (bicyclic) bond motifs is 2. The first-order valence-corrected chi connectivity index (χ1v) is 5.00. The highest BCUT2D eigenvalue weighted by Gasteiger charge is 2.30. The first kappa shape index (κ1) is 9.40. The minimum atomic E-state index is 0.289. The lowest BCUT2D eigenvalue weighted by Crippen LogP contribution is -2.56. The number of aliphatic hydroxyl groups excluding tert-OH is 1. The maximum absolute atomic E-state index is 8.72. The van der Waals surface area contributed by atoms with Gasteiger partial charge in [0.05, 0.1) is 12.2 Å². The van der Waals surface area contributed by atoms with E-state index in [1.165, 1.54) is 0 Å². The van der Waals surface area contributed by atoms with Crippen LogP contribution in [0.4, 0.5) is 0 Å².